The number of methoxy groups -OCH3 is 1. The van der Waals surface area contributed by atoms with Crippen LogP contribution in [-0.2, 0) is 4.79 Å². The van der Waals surface area contributed by atoms with Gasteiger partial charge in [0, 0.05) is 17.5 Å². The Morgan fingerprint density at radius 1 is 1.21 bits per heavy atom. The van der Waals surface area contributed by atoms with Crippen molar-refractivity contribution < 1.29 is 28.6 Å². The molecule has 1 aliphatic rings. The van der Waals surface area contributed by atoms with E-state index in [0.29, 0.717) is 16.9 Å². The van der Waals surface area contributed by atoms with Gasteiger partial charge >= 0.3 is 11.6 Å². The van der Waals surface area contributed by atoms with E-state index >= 15 is 0 Å². The number of phenolic OH excluding ortho intramolecular Hbond substituents is 1. The molecule has 0 aliphatic carbocycles. The molecule has 0 saturated heterocycles. The largest absolute Gasteiger partial charge is 0.506 e. The zero-order valence-corrected chi connectivity index (χ0v) is 16.1. The minimum atomic E-state index is -0.599. The highest BCUT2D eigenvalue weighted by molar-refractivity contribution is 6.09. The lowest BCUT2D eigenvalue weighted by Crippen LogP contribution is -2.23. The van der Waals surface area contributed by atoms with Gasteiger partial charge in [-0.3, -0.25) is 9.59 Å². The molecule has 2 aromatic carbocycles. The summed E-state index contributed by atoms with van der Waals surface area (Å²) in [7, 11) is 1.55. The number of carbonyl (C=O) groups is 2. The van der Waals surface area contributed by atoms with Gasteiger partial charge in [0.05, 0.1) is 18.9 Å². The van der Waals surface area contributed by atoms with E-state index in [1.807, 2.05) is 0 Å². The smallest absolute Gasteiger partial charge is 0.336 e. The van der Waals surface area contributed by atoms with Crippen LogP contribution in [0.2, 0.25) is 0 Å². The molecule has 1 unspecified atom stereocenters. The molecular weight excluding hydrogens is 376 g/mol. The summed E-state index contributed by atoms with van der Waals surface area (Å²) in [5.41, 5.74) is 1.03. The number of phenols is 1. The van der Waals surface area contributed by atoms with Crippen LogP contribution in [0, 0.1) is 6.92 Å². The summed E-state index contributed by atoms with van der Waals surface area (Å²) in [6.45, 7) is 2.92. The molecule has 1 aromatic heterocycles. The molecule has 0 fully saturated rings. The highest BCUT2D eigenvalue weighted by Gasteiger charge is 2.37. The van der Waals surface area contributed by atoms with Gasteiger partial charge < -0.3 is 19.0 Å². The van der Waals surface area contributed by atoms with Gasteiger partial charge in [0.25, 0.3) is 0 Å². The Morgan fingerprint density at radius 2 is 1.90 bits per heavy atom. The summed E-state index contributed by atoms with van der Waals surface area (Å²) in [4.78, 5) is 36.8. The number of ketones is 1. The maximum atomic E-state index is 12.4. The van der Waals surface area contributed by atoms with E-state index in [-0.39, 0.29) is 34.5 Å². The fourth-order valence-electron chi connectivity index (χ4n) is 3.86. The van der Waals surface area contributed by atoms with Crippen LogP contribution >= 0.6 is 0 Å². The van der Waals surface area contributed by atoms with Gasteiger partial charge in [-0.05, 0) is 37.1 Å². The number of ether oxygens (including phenoxy) is 2. The third kappa shape index (κ3) is 2.95. The zero-order valence-electron chi connectivity index (χ0n) is 16.1. The second-order valence-corrected chi connectivity index (χ2v) is 6.98. The third-order valence-corrected chi connectivity index (χ3v) is 5.15. The average Bonchev–Trinajstić information content (AvgIpc) is 2.66. The van der Waals surface area contributed by atoms with Crippen LogP contribution in [0.15, 0.2) is 39.5 Å². The lowest BCUT2D eigenvalue weighted by atomic mass is 9.83. The first-order valence-corrected chi connectivity index (χ1v) is 9.00. The number of benzene rings is 2. The summed E-state index contributed by atoms with van der Waals surface area (Å²) < 4.78 is 16.0. The normalized spacial score (nSPS) is 15.7. The molecule has 0 radical (unpaired) electrons. The highest BCUT2D eigenvalue weighted by atomic mass is 16.5. The molecule has 0 bridgehead atoms. The first-order chi connectivity index (χ1) is 13.8. The van der Waals surface area contributed by atoms with Crippen molar-refractivity contribution in [1.82, 2.24) is 0 Å². The van der Waals surface area contributed by atoms with Crippen molar-refractivity contribution in [2.75, 3.05) is 7.11 Å². The van der Waals surface area contributed by atoms with Crippen molar-refractivity contribution in [3.8, 4) is 17.2 Å². The number of aromatic hydroxyl groups is 1. The van der Waals surface area contributed by atoms with Crippen LogP contribution < -0.4 is 15.1 Å². The molecule has 148 valence electrons. The summed E-state index contributed by atoms with van der Waals surface area (Å²) in [6.07, 6.45) is -0.00575. The van der Waals surface area contributed by atoms with E-state index < -0.39 is 23.3 Å². The molecule has 0 spiro atoms. The minimum absolute atomic E-state index is 0.00575. The maximum absolute atomic E-state index is 12.4. The number of aryl methyl sites for hydroxylation is 1. The van der Waals surface area contributed by atoms with Gasteiger partial charge in [0.1, 0.15) is 22.6 Å². The molecule has 0 saturated carbocycles. The quantitative estimate of drug-likeness (QED) is 0.314. The lowest BCUT2D eigenvalue weighted by Gasteiger charge is -2.28. The summed E-state index contributed by atoms with van der Waals surface area (Å²) >= 11 is 0. The maximum Gasteiger partial charge on any atom is 0.336 e. The topological polar surface area (TPSA) is 103 Å². The molecular formula is C22H18O7. The zero-order chi connectivity index (χ0) is 20.9. The molecule has 1 N–H and O–H groups in total. The number of fused-ring (bicyclic) bond motifs is 3. The highest BCUT2D eigenvalue weighted by Crippen LogP contribution is 2.49. The lowest BCUT2D eigenvalue weighted by molar-refractivity contribution is -0.135. The average molecular weight is 394 g/mol. The van der Waals surface area contributed by atoms with Crippen molar-refractivity contribution >= 4 is 22.7 Å². The van der Waals surface area contributed by atoms with Gasteiger partial charge in [0.2, 0.25) is 0 Å². The fourth-order valence-corrected chi connectivity index (χ4v) is 3.86. The van der Waals surface area contributed by atoms with E-state index in [1.54, 1.807) is 38.3 Å². The van der Waals surface area contributed by atoms with Gasteiger partial charge in [0.15, 0.2) is 11.5 Å². The number of Topliss-reactive ketones (excluding diaryl/α,β-unsaturated/α-hetero) is 1. The van der Waals surface area contributed by atoms with Crippen molar-refractivity contribution in [2.45, 2.75) is 26.2 Å². The van der Waals surface area contributed by atoms with Crippen molar-refractivity contribution in [1.29, 1.82) is 0 Å². The molecule has 4 rings (SSSR count). The van der Waals surface area contributed by atoms with Crippen molar-refractivity contribution in [3.63, 3.8) is 0 Å². The monoisotopic (exact) mass is 394 g/mol. The predicted molar refractivity (Wildman–Crippen MR) is 104 cm³/mol. The standard InChI is InChI=1S/C22H18O7/c1-10-8-15(24)28-21-17(10)20(26)18(11(2)23)22-19(21)14(9-16(25)29-22)12-4-6-13(27-3)7-5-12/h4-8,14,26H,9H2,1-3H3. The van der Waals surface area contributed by atoms with Crippen LogP contribution in [0.3, 0.4) is 0 Å². The molecule has 3 aromatic rings. The van der Waals surface area contributed by atoms with E-state index in [4.69, 9.17) is 13.9 Å². The van der Waals surface area contributed by atoms with Gasteiger partial charge in [-0.25, -0.2) is 4.79 Å². The van der Waals surface area contributed by atoms with Crippen LogP contribution in [0.5, 0.6) is 17.2 Å². The first kappa shape index (κ1) is 18.7. The Morgan fingerprint density at radius 3 is 2.52 bits per heavy atom. The van der Waals surface area contributed by atoms with E-state index in [9.17, 15) is 19.5 Å². The number of rotatable bonds is 3. The van der Waals surface area contributed by atoms with Gasteiger partial charge in [-0.15, -0.1) is 0 Å². The van der Waals surface area contributed by atoms with Gasteiger partial charge in [-0.1, -0.05) is 12.1 Å². The van der Waals surface area contributed by atoms with E-state index in [1.165, 1.54) is 13.0 Å². The number of hydrogen-bond acceptors (Lipinski definition) is 7. The summed E-state index contributed by atoms with van der Waals surface area (Å²) in [5.74, 6) is -1.31. The van der Waals surface area contributed by atoms with E-state index in [0.717, 1.165) is 5.56 Å². The number of carbonyl (C=O) groups excluding carboxylic acids is 2. The van der Waals surface area contributed by atoms with Gasteiger partial charge in [-0.2, -0.15) is 0 Å². The second kappa shape index (κ2) is 6.77. The number of esters is 1. The number of hydrogen-bond donors (Lipinski definition) is 1. The van der Waals surface area contributed by atoms with E-state index in [2.05, 4.69) is 0 Å². The Balaban J connectivity index is 2.12. The van der Waals surface area contributed by atoms with Crippen LogP contribution in [0.4, 0.5) is 0 Å². The van der Waals surface area contributed by atoms with Crippen molar-refractivity contribution in [2.24, 2.45) is 0 Å². The predicted octanol–water partition coefficient (Wildman–Crippen LogP) is 3.46. The van der Waals surface area contributed by atoms with Crippen LogP contribution in [0.25, 0.3) is 11.0 Å². The van der Waals surface area contributed by atoms with Crippen LogP contribution in [-0.4, -0.2) is 24.0 Å². The summed E-state index contributed by atoms with van der Waals surface area (Å²) in [5, 5.41) is 11.0. The Labute approximate surface area is 165 Å². The Hall–Kier alpha value is -3.61. The SMILES string of the molecule is COc1ccc(C2CC(=O)Oc3c(C(C)=O)c(O)c4c(C)cc(=O)oc4c32)cc1. The van der Waals surface area contributed by atoms with Crippen molar-refractivity contribution in [3.05, 3.63) is 63.0 Å². The second-order valence-electron chi connectivity index (χ2n) is 6.98. The molecule has 29 heavy (non-hydrogen) atoms. The molecule has 7 heteroatoms. The third-order valence-electron chi connectivity index (χ3n) is 5.15. The Bertz CT molecular complexity index is 1220. The molecule has 7 nitrogen and oxygen atoms in total. The molecule has 1 aliphatic heterocycles. The Kier molecular flexibility index (Phi) is 4.38. The first-order valence-electron chi connectivity index (χ1n) is 9.00. The molecule has 2 heterocycles. The minimum Gasteiger partial charge on any atom is -0.506 e. The van der Waals surface area contributed by atoms with Crippen LogP contribution in [0.1, 0.15) is 46.3 Å². The molecule has 0 amide bonds. The fraction of sp³-hybridized carbons (Fsp3) is 0.227. The summed E-state index contributed by atoms with van der Waals surface area (Å²) in [6, 6.07) is 8.35. The molecule has 1 atom stereocenters.